The number of ether oxygens (including phenoxy) is 3. The fourth-order valence-corrected chi connectivity index (χ4v) is 3.36. The lowest BCUT2D eigenvalue weighted by Gasteiger charge is -2.31. The summed E-state index contributed by atoms with van der Waals surface area (Å²) in [6, 6.07) is 12.3. The van der Waals surface area contributed by atoms with Gasteiger partial charge in [-0.3, -0.25) is 9.59 Å². The summed E-state index contributed by atoms with van der Waals surface area (Å²) in [5.74, 6) is 1.12. The molecular weight excluding hydrogens is 408 g/mol. The highest BCUT2D eigenvalue weighted by atomic mass is 16.5. The summed E-state index contributed by atoms with van der Waals surface area (Å²) in [4.78, 5) is 27.8. The van der Waals surface area contributed by atoms with Crippen LogP contribution in [0.2, 0.25) is 0 Å². The third-order valence-electron chi connectivity index (χ3n) is 5.11. The zero-order valence-corrected chi connectivity index (χ0v) is 19.8. The summed E-state index contributed by atoms with van der Waals surface area (Å²) >= 11 is 0. The van der Waals surface area contributed by atoms with Crippen molar-refractivity contribution in [2.24, 2.45) is 0 Å². The molecule has 2 rings (SSSR count). The number of carbonyl (C=O) groups is 2. The molecule has 1 N–H and O–H groups in total. The Balaban J connectivity index is 2.26. The second-order valence-corrected chi connectivity index (χ2v) is 7.87. The van der Waals surface area contributed by atoms with E-state index in [2.05, 4.69) is 5.32 Å². The van der Waals surface area contributed by atoms with Gasteiger partial charge in [-0.15, -0.1) is 0 Å². The Morgan fingerprint density at radius 3 is 2.12 bits per heavy atom. The first-order valence-corrected chi connectivity index (χ1v) is 10.8. The molecule has 1 atom stereocenters. The quantitative estimate of drug-likeness (QED) is 0.574. The number of nitrogens with one attached hydrogen (secondary N) is 1. The van der Waals surface area contributed by atoms with Crippen molar-refractivity contribution in [3.05, 3.63) is 53.6 Å². The second-order valence-electron chi connectivity index (χ2n) is 7.87. The normalized spacial score (nSPS) is 11.6. The molecule has 174 valence electrons. The molecule has 0 aliphatic carbocycles. The van der Waals surface area contributed by atoms with Gasteiger partial charge in [0.2, 0.25) is 5.91 Å². The molecule has 2 amide bonds. The zero-order valence-electron chi connectivity index (χ0n) is 19.8. The summed E-state index contributed by atoms with van der Waals surface area (Å²) in [6.07, 6.45) is 0.489. The maximum atomic E-state index is 13.3. The standard InChI is InChI=1S/C25H34N2O5/c1-7-23(25(29)26-17(2)3)27(15-19-11-9-8-10-18(19)4)24(28)16-32-22-13-20(30-5)12-21(14-22)31-6/h8-14,17,23H,7,15-16H2,1-6H3,(H,26,29). The monoisotopic (exact) mass is 442 g/mol. The van der Waals surface area contributed by atoms with Crippen LogP contribution in [0.5, 0.6) is 17.2 Å². The van der Waals surface area contributed by atoms with Crippen LogP contribution in [0.3, 0.4) is 0 Å². The lowest BCUT2D eigenvalue weighted by molar-refractivity contribution is -0.143. The van der Waals surface area contributed by atoms with E-state index in [0.29, 0.717) is 30.2 Å². The minimum Gasteiger partial charge on any atom is -0.496 e. The van der Waals surface area contributed by atoms with Crippen LogP contribution >= 0.6 is 0 Å². The van der Waals surface area contributed by atoms with Gasteiger partial charge in [0.1, 0.15) is 23.3 Å². The van der Waals surface area contributed by atoms with E-state index in [9.17, 15) is 9.59 Å². The molecule has 0 saturated heterocycles. The molecule has 1 unspecified atom stereocenters. The van der Waals surface area contributed by atoms with Gasteiger partial charge in [0, 0.05) is 30.8 Å². The Hall–Kier alpha value is -3.22. The van der Waals surface area contributed by atoms with E-state index in [1.54, 1.807) is 37.3 Å². The minimum absolute atomic E-state index is 0.0209. The van der Waals surface area contributed by atoms with Gasteiger partial charge in [-0.25, -0.2) is 0 Å². The summed E-state index contributed by atoms with van der Waals surface area (Å²) in [6.45, 7) is 7.80. The molecule has 7 nitrogen and oxygen atoms in total. The molecule has 0 aliphatic heterocycles. The van der Waals surface area contributed by atoms with Crippen molar-refractivity contribution in [2.45, 2.75) is 52.7 Å². The SMILES string of the molecule is CCC(C(=O)NC(C)C)N(Cc1ccccc1C)C(=O)COc1cc(OC)cc(OC)c1. The molecule has 0 aliphatic rings. The highest BCUT2D eigenvalue weighted by molar-refractivity contribution is 5.88. The first-order valence-electron chi connectivity index (χ1n) is 10.8. The fourth-order valence-electron chi connectivity index (χ4n) is 3.36. The van der Waals surface area contributed by atoms with Gasteiger partial charge in [-0.2, -0.15) is 0 Å². The number of aryl methyl sites for hydroxylation is 1. The van der Waals surface area contributed by atoms with Crippen LogP contribution in [0.25, 0.3) is 0 Å². The molecule has 0 saturated carbocycles. The minimum atomic E-state index is -0.604. The Morgan fingerprint density at radius 2 is 1.59 bits per heavy atom. The summed E-state index contributed by atoms with van der Waals surface area (Å²) in [7, 11) is 3.10. The molecule has 0 fully saturated rings. The molecule has 2 aromatic carbocycles. The Bertz CT molecular complexity index is 891. The van der Waals surface area contributed by atoms with Gasteiger partial charge in [0.25, 0.3) is 5.91 Å². The first kappa shape index (κ1) is 25.0. The van der Waals surface area contributed by atoms with E-state index in [-0.39, 0.29) is 24.5 Å². The molecule has 0 radical (unpaired) electrons. The van der Waals surface area contributed by atoms with Gasteiger partial charge in [0.05, 0.1) is 14.2 Å². The number of nitrogens with zero attached hydrogens (tertiary/aromatic N) is 1. The number of rotatable bonds is 11. The van der Waals surface area contributed by atoms with E-state index >= 15 is 0 Å². The Kier molecular flexibility index (Phi) is 9.38. The van der Waals surface area contributed by atoms with Crippen LogP contribution in [0.1, 0.15) is 38.3 Å². The fraction of sp³-hybridized carbons (Fsp3) is 0.440. The van der Waals surface area contributed by atoms with E-state index in [1.165, 1.54) is 0 Å². The van der Waals surface area contributed by atoms with E-state index in [0.717, 1.165) is 11.1 Å². The summed E-state index contributed by atoms with van der Waals surface area (Å²) < 4.78 is 16.3. The van der Waals surface area contributed by atoms with Crippen molar-refractivity contribution in [1.29, 1.82) is 0 Å². The number of methoxy groups -OCH3 is 2. The van der Waals surface area contributed by atoms with Crippen molar-refractivity contribution in [3.63, 3.8) is 0 Å². The van der Waals surface area contributed by atoms with Crippen LogP contribution in [-0.4, -0.2) is 49.6 Å². The van der Waals surface area contributed by atoms with Crippen molar-refractivity contribution < 1.29 is 23.8 Å². The number of carbonyl (C=O) groups excluding carboxylic acids is 2. The van der Waals surface area contributed by atoms with Crippen LogP contribution in [0, 0.1) is 6.92 Å². The van der Waals surface area contributed by atoms with Gasteiger partial charge in [-0.1, -0.05) is 31.2 Å². The zero-order chi connectivity index (χ0) is 23.7. The number of benzene rings is 2. The number of hydrogen-bond acceptors (Lipinski definition) is 5. The first-order chi connectivity index (χ1) is 15.3. The predicted octanol–water partition coefficient (Wildman–Crippen LogP) is 3.72. The Labute approximate surface area is 190 Å². The van der Waals surface area contributed by atoms with Gasteiger partial charge in [0.15, 0.2) is 6.61 Å². The molecule has 0 aromatic heterocycles. The van der Waals surface area contributed by atoms with Gasteiger partial charge in [-0.05, 0) is 38.3 Å². The maximum Gasteiger partial charge on any atom is 0.261 e. The lowest BCUT2D eigenvalue weighted by atomic mass is 10.1. The molecular formula is C25H34N2O5. The third kappa shape index (κ3) is 6.90. The topological polar surface area (TPSA) is 77.1 Å². The van der Waals surface area contributed by atoms with Crippen LogP contribution in [0.4, 0.5) is 0 Å². The summed E-state index contributed by atoms with van der Waals surface area (Å²) in [5, 5.41) is 2.93. The van der Waals surface area contributed by atoms with Crippen LogP contribution in [-0.2, 0) is 16.1 Å². The maximum absolute atomic E-state index is 13.3. The molecule has 32 heavy (non-hydrogen) atoms. The smallest absolute Gasteiger partial charge is 0.261 e. The average molecular weight is 443 g/mol. The van der Waals surface area contributed by atoms with Crippen LogP contribution in [0.15, 0.2) is 42.5 Å². The van der Waals surface area contributed by atoms with Gasteiger partial charge >= 0.3 is 0 Å². The van der Waals surface area contributed by atoms with Crippen molar-refractivity contribution in [2.75, 3.05) is 20.8 Å². The van der Waals surface area contributed by atoms with Crippen molar-refractivity contribution >= 4 is 11.8 Å². The van der Waals surface area contributed by atoms with Gasteiger partial charge < -0.3 is 24.4 Å². The highest BCUT2D eigenvalue weighted by Gasteiger charge is 2.29. The molecule has 2 aromatic rings. The second kappa shape index (κ2) is 12.0. The molecule has 0 bridgehead atoms. The summed E-state index contributed by atoms with van der Waals surface area (Å²) in [5.41, 5.74) is 2.04. The number of amides is 2. The van der Waals surface area contributed by atoms with Crippen molar-refractivity contribution in [3.8, 4) is 17.2 Å². The van der Waals surface area contributed by atoms with E-state index in [1.807, 2.05) is 52.0 Å². The molecule has 0 spiro atoms. The highest BCUT2D eigenvalue weighted by Crippen LogP contribution is 2.27. The Morgan fingerprint density at radius 1 is 1.00 bits per heavy atom. The number of hydrogen-bond donors (Lipinski definition) is 1. The molecule has 0 heterocycles. The van der Waals surface area contributed by atoms with Crippen molar-refractivity contribution in [1.82, 2.24) is 10.2 Å². The molecule has 7 heteroatoms. The predicted molar refractivity (Wildman–Crippen MR) is 124 cm³/mol. The average Bonchev–Trinajstić information content (AvgIpc) is 2.77. The van der Waals surface area contributed by atoms with E-state index in [4.69, 9.17) is 14.2 Å². The largest absolute Gasteiger partial charge is 0.496 e. The van der Waals surface area contributed by atoms with E-state index < -0.39 is 6.04 Å². The lowest BCUT2D eigenvalue weighted by Crippen LogP contribution is -2.51. The third-order valence-corrected chi connectivity index (χ3v) is 5.11. The van der Waals surface area contributed by atoms with Crippen LogP contribution < -0.4 is 19.5 Å².